The van der Waals surface area contributed by atoms with Gasteiger partial charge in [0.15, 0.2) is 0 Å². The van der Waals surface area contributed by atoms with E-state index in [2.05, 4.69) is 14.5 Å². The van der Waals surface area contributed by atoms with E-state index in [1.807, 2.05) is 0 Å². The SMILES string of the molecule is CC(C)NS(=O)(=O)Nc1cnn(CC(=O)O)c1. The summed E-state index contributed by atoms with van der Waals surface area (Å²) >= 11 is 0. The molecule has 0 unspecified atom stereocenters. The van der Waals surface area contributed by atoms with E-state index in [0.717, 1.165) is 4.68 Å². The Hall–Kier alpha value is -1.61. The molecule has 0 saturated carbocycles. The lowest BCUT2D eigenvalue weighted by molar-refractivity contribution is -0.137. The molecule has 17 heavy (non-hydrogen) atoms. The molecule has 0 aliphatic carbocycles. The van der Waals surface area contributed by atoms with E-state index in [9.17, 15) is 13.2 Å². The quantitative estimate of drug-likeness (QED) is 0.647. The van der Waals surface area contributed by atoms with E-state index in [1.165, 1.54) is 12.4 Å². The minimum atomic E-state index is -3.65. The van der Waals surface area contributed by atoms with E-state index in [1.54, 1.807) is 13.8 Å². The highest BCUT2D eigenvalue weighted by Gasteiger charge is 2.12. The summed E-state index contributed by atoms with van der Waals surface area (Å²) in [5.74, 6) is -1.05. The molecule has 1 rings (SSSR count). The van der Waals surface area contributed by atoms with E-state index in [-0.39, 0.29) is 18.3 Å². The predicted molar refractivity (Wildman–Crippen MR) is 60.7 cm³/mol. The van der Waals surface area contributed by atoms with Crippen molar-refractivity contribution in [1.82, 2.24) is 14.5 Å². The van der Waals surface area contributed by atoms with E-state index in [0.29, 0.717) is 0 Å². The second kappa shape index (κ2) is 5.15. The Morgan fingerprint density at radius 1 is 1.59 bits per heavy atom. The van der Waals surface area contributed by atoms with E-state index < -0.39 is 16.2 Å². The number of carboxylic acids is 1. The number of aliphatic carboxylic acids is 1. The zero-order valence-corrected chi connectivity index (χ0v) is 10.2. The van der Waals surface area contributed by atoms with Crippen molar-refractivity contribution < 1.29 is 18.3 Å². The molecule has 0 bridgehead atoms. The van der Waals surface area contributed by atoms with Gasteiger partial charge in [0.1, 0.15) is 6.54 Å². The molecule has 0 aliphatic rings. The smallest absolute Gasteiger partial charge is 0.325 e. The number of carboxylic acid groups (broad SMARTS) is 1. The van der Waals surface area contributed by atoms with Gasteiger partial charge in [-0.1, -0.05) is 0 Å². The fourth-order valence-corrected chi connectivity index (χ4v) is 2.23. The highest BCUT2D eigenvalue weighted by Crippen LogP contribution is 2.06. The maximum Gasteiger partial charge on any atom is 0.325 e. The summed E-state index contributed by atoms with van der Waals surface area (Å²) in [4.78, 5) is 10.4. The monoisotopic (exact) mass is 262 g/mol. The third-order valence-corrected chi connectivity index (χ3v) is 2.86. The molecular formula is C8H14N4O4S. The van der Waals surface area contributed by atoms with Crippen molar-refractivity contribution in [2.24, 2.45) is 0 Å². The Labute approximate surface area is 98.8 Å². The lowest BCUT2D eigenvalue weighted by atomic mass is 10.4. The molecule has 0 fully saturated rings. The average Bonchev–Trinajstić information content (AvgIpc) is 2.46. The fourth-order valence-electron chi connectivity index (χ4n) is 1.14. The van der Waals surface area contributed by atoms with Crippen LogP contribution in [0.3, 0.4) is 0 Å². The molecular weight excluding hydrogens is 248 g/mol. The first kappa shape index (κ1) is 13.5. The van der Waals surface area contributed by atoms with Gasteiger partial charge in [0.25, 0.3) is 10.2 Å². The second-order valence-electron chi connectivity index (χ2n) is 3.70. The first-order valence-corrected chi connectivity index (χ1v) is 6.31. The molecule has 1 aromatic rings. The Morgan fingerprint density at radius 2 is 2.24 bits per heavy atom. The van der Waals surface area contributed by atoms with E-state index in [4.69, 9.17) is 5.11 Å². The summed E-state index contributed by atoms with van der Waals surface area (Å²) in [7, 11) is -3.65. The van der Waals surface area contributed by atoms with Crippen LogP contribution in [0.15, 0.2) is 12.4 Å². The van der Waals surface area contributed by atoms with Crippen molar-refractivity contribution in [2.75, 3.05) is 4.72 Å². The lowest BCUT2D eigenvalue weighted by Crippen LogP contribution is -2.35. The second-order valence-corrected chi connectivity index (χ2v) is 5.15. The van der Waals surface area contributed by atoms with Gasteiger partial charge in [0.2, 0.25) is 0 Å². The first-order chi connectivity index (χ1) is 7.78. The highest BCUT2D eigenvalue weighted by molar-refractivity contribution is 7.90. The van der Waals surface area contributed by atoms with Crippen LogP contribution in [0, 0.1) is 0 Å². The van der Waals surface area contributed by atoms with Gasteiger partial charge < -0.3 is 5.11 Å². The summed E-state index contributed by atoms with van der Waals surface area (Å²) in [6.07, 6.45) is 2.54. The van der Waals surface area contributed by atoms with Crippen molar-refractivity contribution in [2.45, 2.75) is 26.4 Å². The Bertz CT molecular complexity index is 493. The molecule has 0 radical (unpaired) electrons. The highest BCUT2D eigenvalue weighted by atomic mass is 32.2. The van der Waals surface area contributed by atoms with Gasteiger partial charge in [0.05, 0.1) is 11.9 Å². The van der Waals surface area contributed by atoms with Crippen LogP contribution in [0.1, 0.15) is 13.8 Å². The molecule has 1 heterocycles. The van der Waals surface area contributed by atoms with Crippen molar-refractivity contribution in [1.29, 1.82) is 0 Å². The number of nitrogens with one attached hydrogen (secondary N) is 2. The third kappa shape index (κ3) is 4.83. The molecule has 8 nitrogen and oxygen atoms in total. The van der Waals surface area contributed by atoms with Gasteiger partial charge in [-0.3, -0.25) is 14.2 Å². The number of hydrogen-bond donors (Lipinski definition) is 3. The summed E-state index contributed by atoms with van der Waals surface area (Å²) in [5.41, 5.74) is 0.208. The van der Waals surface area contributed by atoms with Crippen LogP contribution in [0.4, 0.5) is 5.69 Å². The first-order valence-electron chi connectivity index (χ1n) is 4.83. The van der Waals surface area contributed by atoms with Crippen molar-refractivity contribution >= 4 is 21.9 Å². The topological polar surface area (TPSA) is 113 Å². The van der Waals surface area contributed by atoms with Crippen LogP contribution in [0.2, 0.25) is 0 Å². The summed E-state index contributed by atoms with van der Waals surface area (Å²) in [6, 6.07) is -0.235. The third-order valence-electron chi connectivity index (χ3n) is 1.57. The Morgan fingerprint density at radius 3 is 2.76 bits per heavy atom. The number of hydrogen-bond acceptors (Lipinski definition) is 4. The minimum absolute atomic E-state index is 0.208. The Balaban J connectivity index is 2.69. The van der Waals surface area contributed by atoms with Crippen LogP contribution in [-0.2, 0) is 21.5 Å². The molecule has 0 saturated heterocycles. The van der Waals surface area contributed by atoms with E-state index >= 15 is 0 Å². The molecule has 0 atom stereocenters. The van der Waals surface area contributed by atoms with Gasteiger partial charge >= 0.3 is 5.97 Å². The number of carbonyl (C=O) groups is 1. The maximum absolute atomic E-state index is 11.5. The number of anilines is 1. The summed E-state index contributed by atoms with van der Waals surface area (Å²) in [5, 5.41) is 12.2. The van der Waals surface area contributed by atoms with Gasteiger partial charge in [-0.25, -0.2) is 0 Å². The van der Waals surface area contributed by atoms with Crippen LogP contribution >= 0.6 is 0 Å². The largest absolute Gasteiger partial charge is 0.480 e. The van der Waals surface area contributed by atoms with Crippen molar-refractivity contribution in [3.05, 3.63) is 12.4 Å². The number of rotatable bonds is 6. The van der Waals surface area contributed by atoms with Crippen molar-refractivity contribution in [3.8, 4) is 0 Å². The van der Waals surface area contributed by atoms with Crippen LogP contribution in [0.25, 0.3) is 0 Å². The standard InChI is InChI=1S/C8H14N4O4S/c1-6(2)10-17(15,16)11-7-3-9-12(4-7)5-8(13)14/h3-4,6,10-11H,5H2,1-2H3,(H,13,14). The zero-order chi connectivity index (χ0) is 13.1. The molecule has 0 aliphatic heterocycles. The lowest BCUT2D eigenvalue weighted by Gasteiger charge is -2.09. The molecule has 0 amide bonds. The molecule has 9 heteroatoms. The molecule has 0 spiro atoms. The van der Waals surface area contributed by atoms with Crippen LogP contribution in [0.5, 0.6) is 0 Å². The van der Waals surface area contributed by atoms with Gasteiger partial charge in [-0.05, 0) is 13.8 Å². The van der Waals surface area contributed by atoms with Crippen LogP contribution < -0.4 is 9.44 Å². The number of aromatic nitrogens is 2. The van der Waals surface area contributed by atoms with Crippen LogP contribution in [-0.4, -0.2) is 35.3 Å². The average molecular weight is 262 g/mol. The predicted octanol–water partition coefficient (Wildman–Crippen LogP) is -0.378. The zero-order valence-electron chi connectivity index (χ0n) is 9.41. The summed E-state index contributed by atoms with van der Waals surface area (Å²) in [6.45, 7) is 3.06. The molecule has 3 N–H and O–H groups in total. The Kier molecular flexibility index (Phi) is 4.07. The minimum Gasteiger partial charge on any atom is -0.480 e. The normalized spacial score (nSPS) is 11.7. The fraction of sp³-hybridized carbons (Fsp3) is 0.500. The van der Waals surface area contributed by atoms with Gasteiger partial charge in [-0.2, -0.15) is 18.2 Å². The number of nitrogens with zero attached hydrogens (tertiary/aromatic N) is 2. The van der Waals surface area contributed by atoms with Crippen molar-refractivity contribution in [3.63, 3.8) is 0 Å². The van der Waals surface area contributed by atoms with Gasteiger partial charge in [-0.15, -0.1) is 0 Å². The maximum atomic E-state index is 11.5. The molecule has 0 aromatic carbocycles. The van der Waals surface area contributed by atoms with Gasteiger partial charge in [0, 0.05) is 12.2 Å². The molecule has 1 aromatic heterocycles. The summed E-state index contributed by atoms with van der Waals surface area (Å²) < 4.78 is 28.6. The molecule has 96 valence electrons.